The first kappa shape index (κ1) is 22.2. The second kappa shape index (κ2) is 7.56. The molecule has 0 amide bonds. The highest BCUT2D eigenvalue weighted by Crippen LogP contribution is 2.68. The number of ether oxygens (including phenoxy) is 2. The van der Waals surface area contributed by atoms with Gasteiger partial charge in [-0.3, -0.25) is 19.2 Å². The third-order valence-electron chi connectivity index (χ3n) is 9.26. The van der Waals surface area contributed by atoms with Gasteiger partial charge in [-0.1, -0.05) is 19.4 Å². The van der Waals surface area contributed by atoms with Crippen LogP contribution in [-0.2, 0) is 28.7 Å². The van der Waals surface area contributed by atoms with Crippen molar-refractivity contribution in [3.63, 3.8) is 0 Å². The highest BCUT2D eigenvalue weighted by Gasteiger charge is 2.68. The Labute approximate surface area is 184 Å². The standard InChI is InChI=1S/C25H34O6/c1-15(26)30-14-22(29)25(31-16(2)27)12-9-21-19-6-5-17-13-18(28)7-10-23(17,3)20(19)8-11-24(21,25)4/h13,19-21H,5-12,14H2,1-4H3/t19-,20+,21+,23+,24+,25+/m0/s1. The molecule has 3 fully saturated rings. The van der Waals surface area contributed by atoms with Crippen molar-refractivity contribution < 1.29 is 28.7 Å². The molecule has 4 rings (SSSR count). The Morgan fingerprint density at radius 1 is 0.968 bits per heavy atom. The lowest BCUT2D eigenvalue weighted by molar-refractivity contribution is -0.190. The van der Waals surface area contributed by atoms with E-state index in [1.54, 1.807) is 0 Å². The smallest absolute Gasteiger partial charge is 0.303 e. The molecule has 0 aromatic rings. The predicted octanol–water partition coefficient (Wildman–Crippen LogP) is 3.95. The number of ketones is 2. The van der Waals surface area contributed by atoms with E-state index in [1.807, 2.05) is 6.08 Å². The molecule has 0 aromatic carbocycles. The number of esters is 2. The van der Waals surface area contributed by atoms with Gasteiger partial charge in [0.2, 0.25) is 5.78 Å². The zero-order chi connectivity index (χ0) is 22.6. The van der Waals surface area contributed by atoms with E-state index >= 15 is 0 Å². The van der Waals surface area contributed by atoms with Crippen molar-refractivity contribution >= 4 is 23.5 Å². The lowest BCUT2D eigenvalue weighted by Gasteiger charge is -2.59. The Bertz CT molecular complexity index is 858. The Hall–Kier alpha value is -1.98. The molecule has 170 valence electrons. The van der Waals surface area contributed by atoms with Gasteiger partial charge in [-0.25, -0.2) is 0 Å². The van der Waals surface area contributed by atoms with Crippen LogP contribution in [0.25, 0.3) is 0 Å². The molecule has 0 spiro atoms. The summed E-state index contributed by atoms with van der Waals surface area (Å²) >= 11 is 0. The van der Waals surface area contributed by atoms with Gasteiger partial charge in [-0.2, -0.15) is 0 Å². The maximum Gasteiger partial charge on any atom is 0.303 e. The molecule has 0 aromatic heterocycles. The summed E-state index contributed by atoms with van der Waals surface area (Å²) in [7, 11) is 0. The third kappa shape index (κ3) is 3.28. The number of Topliss-reactive ketones (excluding diaryl/α,β-unsaturated/α-hetero) is 1. The van der Waals surface area contributed by atoms with Crippen LogP contribution in [0, 0.1) is 28.6 Å². The van der Waals surface area contributed by atoms with Crippen LogP contribution < -0.4 is 0 Å². The fourth-order valence-corrected chi connectivity index (χ4v) is 7.77. The Balaban J connectivity index is 1.67. The molecule has 4 aliphatic rings. The van der Waals surface area contributed by atoms with Gasteiger partial charge in [0.05, 0.1) is 0 Å². The summed E-state index contributed by atoms with van der Waals surface area (Å²) in [5.74, 6) is 0.156. The van der Waals surface area contributed by atoms with Crippen LogP contribution in [0.3, 0.4) is 0 Å². The van der Waals surface area contributed by atoms with E-state index in [9.17, 15) is 19.2 Å². The van der Waals surface area contributed by atoms with Crippen LogP contribution in [0.4, 0.5) is 0 Å². The lowest BCUT2D eigenvalue weighted by atomic mass is 9.46. The maximum absolute atomic E-state index is 13.4. The van der Waals surface area contributed by atoms with Gasteiger partial charge in [0, 0.05) is 25.7 Å². The molecule has 6 nitrogen and oxygen atoms in total. The zero-order valence-electron chi connectivity index (χ0n) is 19.1. The molecular formula is C25H34O6. The Morgan fingerprint density at radius 3 is 2.35 bits per heavy atom. The molecule has 31 heavy (non-hydrogen) atoms. The number of allylic oxidation sites excluding steroid dienone is 1. The second-order valence-electron chi connectivity index (χ2n) is 10.6. The van der Waals surface area contributed by atoms with E-state index in [4.69, 9.17) is 9.47 Å². The van der Waals surface area contributed by atoms with Crippen LogP contribution in [0.2, 0.25) is 0 Å². The summed E-state index contributed by atoms with van der Waals surface area (Å²) in [6.45, 7) is 6.70. The summed E-state index contributed by atoms with van der Waals surface area (Å²) in [6, 6.07) is 0. The van der Waals surface area contributed by atoms with Crippen molar-refractivity contribution in [3.05, 3.63) is 11.6 Å². The first-order valence-corrected chi connectivity index (χ1v) is 11.6. The molecule has 0 N–H and O–H groups in total. The summed E-state index contributed by atoms with van der Waals surface area (Å²) in [4.78, 5) is 48.8. The predicted molar refractivity (Wildman–Crippen MR) is 113 cm³/mol. The SMILES string of the molecule is CC(=O)OCC(=O)[C@]1(OC(C)=O)CC[C@@H]2[C@H]3CCC4=CC(=O)CC[C@@]4(C)[C@@H]3CC[C@]21C. The quantitative estimate of drug-likeness (QED) is 0.628. The van der Waals surface area contributed by atoms with Crippen LogP contribution in [0.5, 0.6) is 0 Å². The fraction of sp³-hybridized carbons (Fsp3) is 0.760. The topological polar surface area (TPSA) is 86.7 Å². The van der Waals surface area contributed by atoms with Crippen molar-refractivity contribution in [1.29, 1.82) is 0 Å². The number of carbonyl (C=O) groups is 4. The average molecular weight is 431 g/mol. The minimum absolute atomic E-state index is 0.0482. The summed E-state index contributed by atoms with van der Waals surface area (Å²) in [5.41, 5.74) is -0.348. The minimum Gasteiger partial charge on any atom is -0.458 e. The molecule has 6 atom stereocenters. The average Bonchev–Trinajstić information content (AvgIpc) is 2.99. The van der Waals surface area contributed by atoms with Gasteiger partial charge < -0.3 is 9.47 Å². The number of hydrogen-bond donors (Lipinski definition) is 0. The van der Waals surface area contributed by atoms with Crippen molar-refractivity contribution in [2.24, 2.45) is 28.6 Å². The van der Waals surface area contributed by atoms with Gasteiger partial charge in [0.25, 0.3) is 0 Å². The molecule has 0 unspecified atom stereocenters. The number of hydrogen-bond acceptors (Lipinski definition) is 6. The summed E-state index contributed by atoms with van der Waals surface area (Å²) in [6.07, 6.45) is 8.39. The number of carbonyl (C=O) groups excluding carboxylic acids is 4. The van der Waals surface area contributed by atoms with Crippen LogP contribution in [-0.4, -0.2) is 35.7 Å². The lowest BCUT2D eigenvalue weighted by Crippen LogP contribution is -2.59. The van der Waals surface area contributed by atoms with E-state index in [0.717, 1.165) is 38.5 Å². The largest absolute Gasteiger partial charge is 0.458 e. The Morgan fingerprint density at radius 2 is 1.68 bits per heavy atom. The van der Waals surface area contributed by atoms with Crippen molar-refractivity contribution in [3.8, 4) is 0 Å². The molecule has 0 bridgehead atoms. The second-order valence-corrected chi connectivity index (χ2v) is 10.6. The number of fused-ring (bicyclic) bond motifs is 5. The first-order chi connectivity index (χ1) is 14.5. The number of rotatable bonds is 4. The zero-order valence-corrected chi connectivity index (χ0v) is 19.1. The highest BCUT2D eigenvalue weighted by molar-refractivity contribution is 5.93. The molecule has 3 saturated carbocycles. The van der Waals surface area contributed by atoms with E-state index in [2.05, 4.69) is 13.8 Å². The third-order valence-corrected chi connectivity index (χ3v) is 9.26. The van der Waals surface area contributed by atoms with Gasteiger partial charge in [-0.05, 0) is 74.2 Å². The van der Waals surface area contributed by atoms with Gasteiger partial charge in [0.15, 0.2) is 18.0 Å². The van der Waals surface area contributed by atoms with Gasteiger partial charge in [-0.15, -0.1) is 0 Å². The van der Waals surface area contributed by atoms with Crippen molar-refractivity contribution in [2.75, 3.05) is 6.61 Å². The van der Waals surface area contributed by atoms with Crippen LogP contribution in [0.1, 0.15) is 79.1 Å². The van der Waals surface area contributed by atoms with E-state index in [-0.39, 0.29) is 29.5 Å². The fourth-order valence-electron chi connectivity index (χ4n) is 7.77. The molecule has 0 aliphatic heterocycles. The highest BCUT2D eigenvalue weighted by atomic mass is 16.6. The van der Waals surface area contributed by atoms with Crippen molar-refractivity contribution in [2.45, 2.75) is 84.7 Å². The van der Waals surface area contributed by atoms with E-state index in [0.29, 0.717) is 24.7 Å². The maximum atomic E-state index is 13.4. The molecule has 0 saturated heterocycles. The monoisotopic (exact) mass is 430 g/mol. The summed E-state index contributed by atoms with van der Waals surface area (Å²) < 4.78 is 10.9. The molecule has 4 aliphatic carbocycles. The van der Waals surface area contributed by atoms with Crippen LogP contribution in [0.15, 0.2) is 11.6 Å². The minimum atomic E-state index is -1.23. The summed E-state index contributed by atoms with van der Waals surface area (Å²) in [5, 5.41) is 0. The normalized spacial score (nSPS) is 41.4. The molecular weight excluding hydrogens is 396 g/mol. The van der Waals surface area contributed by atoms with Crippen LogP contribution >= 0.6 is 0 Å². The first-order valence-electron chi connectivity index (χ1n) is 11.6. The van der Waals surface area contributed by atoms with E-state index < -0.39 is 23.0 Å². The molecule has 6 heteroatoms. The molecule has 0 heterocycles. The van der Waals surface area contributed by atoms with Crippen molar-refractivity contribution in [1.82, 2.24) is 0 Å². The van der Waals surface area contributed by atoms with Gasteiger partial charge >= 0.3 is 11.9 Å². The Kier molecular flexibility index (Phi) is 5.42. The molecule has 0 radical (unpaired) electrons. The van der Waals surface area contributed by atoms with Gasteiger partial charge in [0.1, 0.15) is 0 Å². The van der Waals surface area contributed by atoms with E-state index in [1.165, 1.54) is 19.4 Å².